The molecule has 2 unspecified atom stereocenters. The number of terminal acetylenes is 1. The largest absolute Gasteiger partial charge is 0.460 e. The molecule has 2 heteroatoms. The Morgan fingerprint density at radius 2 is 1.50 bits per heavy atom. The summed E-state index contributed by atoms with van der Waals surface area (Å²) in [5.74, 6) is 2.89. The molecule has 1 aliphatic carbocycles. The van der Waals surface area contributed by atoms with Crippen molar-refractivity contribution in [2.45, 2.75) is 20.8 Å². The zero-order chi connectivity index (χ0) is 18.7. The van der Waals surface area contributed by atoms with Gasteiger partial charge in [-0.1, -0.05) is 87.4 Å². The van der Waals surface area contributed by atoms with Crippen LogP contribution in [-0.2, 0) is 9.53 Å². The summed E-state index contributed by atoms with van der Waals surface area (Å²) < 4.78 is 5.61. The molecule has 132 valence electrons. The van der Waals surface area contributed by atoms with E-state index < -0.39 is 0 Å². The zero-order valence-corrected chi connectivity index (χ0v) is 15.5. The van der Waals surface area contributed by atoms with Crippen molar-refractivity contribution in [1.29, 1.82) is 0 Å². The molecule has 0 aliphatic heterocycles. The van der Waals surface area contributed by atoms with E-state index in [1.165, 1.54) is 0 Å². The Bertz CT molecular complexity index is 813. The first kappa shape index (κ1) is 18.0. The second-order valence-electron chi connectivity index (χ2n) is 7.43. The molecule has 1 fully saturated rings. The maximum absolute atomic E-state index is 12.4. The SMILES string of the molecule is C#CC(COC(=O)C1C(C)C1(C)C)=C(c1ccccc1)c1ccccc1. The summed E-state index contributed by atoms with van der Waals surface area (Å²) in [6.45, 7) is 6.40. The fourth-order valence-electron chi connectivity index (χ4n) is 3.55. The van der Waals surface area contributed by atoms with Crippen LogP contribution in [0.2, 0.25) is 0 Å². The van der Waals surface area contributed by atoms with Crippen LogP contribution in [0.25, 0.3) is 5.57 Å². The minimum atomic E-state index is -0.157. The molecule has 0 radical (unpaired) electrons. The van der Waals surface area contributed by atoms with Crippen LogP contribution in [0.15, 0.2) is 66.2 Å². The van der Waals surface area contributed by atoms with Gasteiger partial charge in [0.1, 0.15) is 6.61 Å². The fraction of sp³-hybridized carbons (Fsp3) is 0.292. The third-order valence-corrected chi connectivity index (χ3v) is 5.58. The van der Waals surface area contributed by atoms with Gasteiger partial charge in [-0.2, -0.15) is 0 Å². The zero-order valence-electron chi connectivity index (χ0n) is 15.5. The Morgan fingerprint density at radius 3 is 1.88 bits per heavy atom. The summed E-state index contributed by atoms with van der Waals surface area (Å²) in [7, 11) is 0. The molecule has 0 bridgehead atoms. The third-order valence-electron chi connectivity index (χ3n) is 5.58. The molecule has 0 spiro atoms. The summed E-state index contributed by atoms with van der Waals surface area (Å²) >= 11 is 0. The summed E-state index contributed by atoms with van der Waals surface area (Å²) in [5, 5.41) is 0. The molecule has 0 aromatic heterocycles. The van der Waals surface area contributed by atoms with E-state index in [0.29, 0.717) is 11.5 Å². The van der Waals surface area contributed by atoms with Gasteiger partial charge in [-0.3, -0.25) is 4.79 Å². The van der Waals surface area contributed by atoms with E-state index in [-0.39, 0.29) is 23.9 Å². The van der Waals surface area contributed by atoms with E-state index in [1.807, 2.05) is 60.7 Å². The second kappa shape index (κ2) is 7.22. The van der Waals surface area contributed by atoms with Crippen LogP contribution in [0.1, 0.15) is 31.9 Å². The van der Waals surface area contributed by atoms with E-state index in [4.69, 9.17) is 11.2 Å². The van der Waals surface area contributed by atoms with Gasteiger partial charge in [0.05, 0.1) is 5.92 Å². The maximum atomic E-state index is 12.4. The Balaban J connectivity index is 1.90. The molecular formula is C24H24O2. The van der Waals surface area contributed by atoms with Crippen LogP contribution < -0.4 is 0 Å². The van der Waals surface area contributed by atoms with Crippen molar-refractivity contribution in [1.82, 2.24) is 0 Å². The van der Waals surface area contributed by atoms with Gasteiger partial charge < -0.3 is 4.74 Å². The number of carbonyl (C=O) groups excluding carboxylic acids is 1. The summed E-state index contributed by atoms with van der Waals surface area (Å²) in [6, 6.07) is 19.9. The molecule has 3 rings (SSSR count). The van der Waals surface area contributed by atoms with Crippen LogP contribution >= 0.6 is 0 Å². The summed E-state index contributed by atoms with van der Waals surface area (Å²) in [5.41, 5.74) is 3.66. The maximum Gasteiger partial charge on any atom is 0.310 e. The smallest absolute Gasteiger partial charge is 0.310 e. The molecule has 2 aromatic carbocycles. The molecule has 0 saturated heterocycles. The average Bonchev–Trinajstić information content (AvgIpc) is 3.17. The quantitative estimate of drug-likeness (QED) is 0.566. The molecule has 1 saturated carbocycles. The Morgan fingerprint density at radius 1 is 1.04 bits per heavy atom. The predicted octanol–water partition coefficient (Wildman–Crippen LogP) is 4.96. The lowest BCUT2D eigenvalue weighted by Gasteiger charge is -2.13. The fourth-order valence-corrected chi connectivity index (χ4v) is 3.55. The number of hydrogen-bond donors (Lipinski definition) is 0. The predicted molar refractivity (Wildman–Crippen MR) is 105 cm³/mol. The Hall–Kier alpha value is -2.79. The molecule has 1 aliphatic rings. The van der Waals surface area contributed by atoms with Crippen LogP contribution in [0.5, 0.6) is 0 Å². The van der Waals surface area contributed by atoms with Crippen molar-refractivity contribution in [2.75, 3.05) is 6.61 Å². The summed E-state index contributed by atoms with van der Waals surface area (Å²) in [4.78, 5) is 12.4. The topological polar surface area (TPSA) is 26.3 Å². The molecule has 0 amide bonds. The molecule has 2 nitrogen and oxygen atoms in total. The number of ether oxygens (including phenoxy) is 1. The second-order valence-corrected chi connectivity index (χ2v) is 7.43. The van der Waals surface area contributed by atoms with Crippen LogP contribution in [0.3, 0.4) is 0 Å². The van der Waals surface area contributed by atoms with Crippen molar-refractivity contribution >= 4 is 11.5 Å². The highest BCUT2D eigenvalue weighted by molar-refractivity contribution is 5.85. The first-order chi connectivity index (χ1) is 12.5. The minimum Gasteiger partial charge on any atom is -0.460 e. The molecule has 2 atom stereocenters. The average molecular weight is 344 g/mol. The highest BCUT2D eigenvalue weighted by Crippen LogP contribution is 2.58. The first-order valence-electron chi connectivity index (χ1n) is 8.94. The highest BCUT2D eigenvalue weighted by atomic mass is 16.5. The van der Waals surface area contributed by atoms with Gasteiger partial charge in [0.15, 0.2) is 0 Å². The van der Waals surface area contributed by atoms with E-state index in [1.54, 1.807) is 0 Å². The first-order valence-corrected chi connectivity index (χ1v) is 8.94. The van der Waals surface area contributed by atoms with Gasteiger partial charge in [0.25, 0.3) is 0 Å². The van der Waals surface area contributed by atoms with Crippen LogP contribution in [-0.4, -0.2) is 12.6 Å². The van der Waals surface area contributed by atoms with Gasteiger partial charge in [0.2, 0.25) is 0 Å². The molecule has 0 heterocycles. The lowest BCUT2D eigenvalue weighted by atomic mass is 9.93. The van der Waals surface area contributed by atoms with Crippen molar-refractivity contribution in [3.05, 3.63) is 77.4 Å². The van der Waals surface area contributed by atoms with Gasteiger partial charge >= 0.3 is 5.97 Å². The van der Waals surface area contributed by atoms with E-state index in [2.05, 4.69) is 26.7 Å². The van der Waals surface area contributed by atoms with E-state index >= 15 is 0 Å². The Labute approximate surface area is 155 Å². The van der Waals surface area contributed by atoms with Crippen LogP contribution in [0, 0.1) is 29.6 Å². The van der Waals surface area contributed by atoms with Gasteiger partial charge in [-0.25, -0.2) is 0 Å². The molecule has 26 heavy (non-hydrogen) atoms. The Kier molecular flexibility index (Phi) is 5.00. The van der Waals surface area contributed by atoms with E-state index in [0.717, 1.165) is 16.7 Å². The number of rotatable bonds is 5. The normalized spacial score (nSPS) is 19.9. The lowest BCUT2D eigenvalue weighted by Crippen LogP contribution is -2.13. The van der Waals surface area contributed by atoms with Crippen molar-refractivity contribution in [2.24, 2.45) is 17.3 Å². The third kappa shape index (κ3) is 3.44. The number of carbonyl (C=O) groups is 1. The van der Waals surface area contributed by atoms with E-state index in [9.17, 15) is 4.79 Å². The van der Waals surface area contributed by atoms with Crippen LogP contribution in [0.4, 0.5) is 0 Å². The minimum absolute atomic E-state index is 0.0127. The highest BCUT2D eigenvalue weighted by Gasteiger charge is 2.59. The number of esters is 1. The van der Waals surface area contributed by atoms with Gasteiger partial charge in [-0.05, 0) is 22.5 Å². The molecular weight excluding hydrogens is 320 g/mol. The number of benzene rings is 2. The molecule has 0 N–H and O–H groups in total. The number of hydrogen-bond acceptors (Lipinski definition) is 2. The molecule has 2 aromatic rings. The van der Waals surface area contributed by atoms with Crippen molar-refractivity contribution < 1.29 is 9.53 Å². The standard InChI is InChI=1S/C24H24O2/c1-5-18(16-26-23(25)22-17(2)24(22,3)4)21(19-12-8-6-9-13-19)20-14-10-7-11-15-20/h1,6-15,17,22H,16H2,2-4H3. The van der Waals surface area contributed by atoms with Gasteiger partial charge in [-0.15, -0.1) is 6.42 Å². The van der Waals surface area contributed by atoms with Crippen molar-refractivity contribution in [3.8, 4) is 12.3 Å². The lowest BCUT2D eigenvalue weighted by molar-refractivity contribution is -0.145. The van der Waals surface area contributed by atoms with Crippen molar-refractivity contribution in [3.63, 3.8) is 0 Å². The van der Waals surface area contributed by atoms with Gasteiger partial charge in [0, 0.05) is 11.1 Å². The summed E-state index contributed by atoms with van der Waals surface area (Å²) in [6.07, 6.45) is 5.81. The monoisotopic (exact) mass is 344 g/mol.